The number of halogens is 1. The molecule has 0 spiro atoms. The van der Waals surface area contributed by atoms with Gasteiger partial charge in [-0.15, -0.1) is 0 Å². The summed E-state index contributed by atoms with van der Waals surface area (Å²) in [4.78, 5) is 6.24. The van der Waals surface area contributed by atoms with Crippen LogP contribution in [0.2, 0.25) is 0 Å². The first-order chi connectivity index (χ1) is 12.2. The molecule has 1 N–H and O–H groups in total. The molecule has 0 radical (unpaired) electrons. The summed E-state index contributed by atoms with van der Waals surface area (Å²) in [5.74, 6) is 0. The second-order valence-corrected chi connectivity index (χ2v) is 6.94. The standard InChI is InChI=1S/C20H18BrN3S/c21-18-6-8-19(9-7-18)23-20(25)24(14-16-4-2-1-3-5-16)15-17-10-12-22-13-11-17/h1-13H,14-15H2,(H,23,25). The average molecular weight is 412 g/mol. The maximum Gasteiger partial charge on any atom is 0.174 e. The van der Waals surface area contributed by atoms with Crippen LogP contribution in [0.15, 0.2) is 83.6 Å². The average Bonchev–Trinajstić information content (AvgIpc) is 2.65. The quantitative estimate of drug-likeness (QED) is 0.580. The zero-order valence-corrected chi connectivity index (χ0v) is 16.0. The molecular formula is C20H18BrN3S. The molecule has 3 aromatic rings. The van der Waals surface area contributed by atoms with E-state index in [0.29, 0.717) is 5.11 Å². The van der Waals surface area contributed by atoms with Gasteiger partial charge in [-0.1, -0.05) is 46.3 Å². The maximum atomic E-state index is 5.68. The van der Waals surface area contributed by atoms with Crippen molar-refractivity contribution >= 4 is 38.9 Å². The molecule has 126 valence electrons. The molecule has 1 aromatic heterocycles. The Balaban J connectivity index is 1.76. The lowest BCUT2D eigenvalue weighted by atomic mass is 10.2. The van der Waals surface area contributed by atoms with E-state index in [4.69, 9.17) is 12.2 Å². The normalized spacial score (nSPS) is 10.3. The monoisotopic (exact) mass is 411 g/mol. The SMILES string of the molecule is S=C(Nc1ccc(Br)cc1)N(Cc1ccccc1)Cc1ccncc1. The van der Waals surface area contributed by atoms with E-state index in [1.165, 1.54) is 11.1 Å². The number of aromatic nitrogens is 1. The van der Waals surface area contributed by atoms with Gasteiger partial charge in [0.05, 0.1) is 0 Å². The highest BCUT2D eigenvalue weighted by molar-refractivity contribution is 9.10. The Hall–Kier alpha value is -2.24. The molecule has 0 saturated carbocycles. The molecule has 0 saturated heterocycles. The number of thiocarbonyl (C=S) groups is 1. The zero-order valence-electron chi connectivity index (χ0n) is 13.6. The predicted octanol–water partition coefficient (Wildman–Crippen LogP) is 5.24. The Kier molecular flexibility index (Phi) is 6.14. The number of nitrogens with zero attached hydrogens (tertiary/aromatic N) is 2. The third-order valence-electron chi connectivity index (χ3n) is 3.72. The van der Waals surface area contributed by atoms with Gasteiger partial charge in [0.25, 0.3) is 0 Å². The van der Waals surface area contributed by atoms with Gasteiger partial charge in [0.1, 0.15) is 0 Å². The molecule has 0 amide bonds. The van der Waals surface area contributed by atoms with Crippen LogP contribution in [0.3, 0.4) is 0 Å². The van der Waals surface area contributed by atoms with Crippen LogP contribution in [0.25, 0.3) is 0 Å². The molecule has 0 aliphatic carbocycles. The Morgan fingerprint density at radius 3 is 2.12 bits per heavy atom. The van der Waals surface area contributed by atoms with Crippen molar-refractivity contribution in [2.75, 3.05) is 5.32 Å². The van der Waals surface area contributed by atoms with Gasteiger partial charge in [-0.2, -0.15) is 0 Å². The molecule has 0 atom stereocenters. The van der Waals surface area contributed by atoms with Crippen molar-refractivity contribution in [2.24, 2.45) is 0 Å². The summed E-state index contributed by atoms with van der Waals surface area (Å²) in [5.41, 5.74) is 3.36. The molecular weight excluding hydrogens is 394 g/mol. The highest BCUT2D eigenvalue weighted by atomic mass is 79.9. The summed E-state index contributed by atoms with van der Waals surface area (Å²) in [6.07, 6.45) is 3.61. The van der Waals surface area contributed by atoms with E-state index in [9.17, 15) is 0 Å². The molecule has 0 aliphatic rings. The predicted molar refractivity (Wildman–Crippen MR) is 110 cm³/mol. The molecule has 5 heteroatoms. The van der Waals surface area contributed by atoms with Gasteiger partial charge < -0.3 is 10.2 Å². The minimum absolute atomic E-state index is 0.697. The highest BCUT2D eigenvalue weighted by Crippen LogP contribution is 2.16. The van der Waals surface area contributed by atoms with Crippen LogP contribution < -0.4 is 5.32 Å². The molecule has 25 heavy (non-hydrogen) atoms. The van der Waals surface area contributed by atoms with E-state index in [1.54, 1.807) is 12.4 Å². The Morgan fingerprint density at radius 1 is 0.880 bits per heavy atom. The van der Waals surface area contributed by atoms with Crippen molar-refractivity contribution in [2.45, 2.75) is 13.1 Å². The van der Waals surface area contributed by atoms with Gasteiger partial charge in [-0.3, -0.25) is 4.98 Å². The van der Waals surface area contributed by atoms with Crippen LogP contribution in [0.5, 0.6) is 0 Å². The van der Waals surface area contributed by atoms with Gasteiger partial charge in [0.15, 0.2) is 5.11 Å². The lowest BCUT2D eigenvalue weighted by molar-refractivity contribution is 0.412. The number of benzene rings is 2. The summed E-state index contributed by atoms with van der Waals surface area (Å²) in [6.45, 7) is 1.46. The Bertz CT molecular complexity index is 766. The van der Waals surface area contributed by atoms with Crippen LogP contribution in [0, 0.1) is 0 Å². The highest BCUT2D eigenvalue weighted by Gasteiger charge is 2.11. The Labute approximate surface area is 161 Å². The van der Waals surface area contributed by atoms with Crippen LogP contribution in [0.1, 0.15) is 11.1 Å². The van der Waals surface area contributed by atoms with Crippen LogP contribution >= 0.6 is 28.1 Å². The summed E-state index contributed by atoms with van der Waals surface area (Å²) < 4.78 is 1.04. The fourth-order valence-corrected chi connectivity index (χ4v) is 2.96. The topological polar surface area (TPSA) is 28.2 Å². The molecule has 2 aromatic carbocycles. The largest absolute Gasteiger partial charge is 0.340 e. The van der Waals surface area contributed by atoms with Gasteiger partial charge in [0, 0.05) is 35.6 Å². The molecule has 0 unspecified atom stereocenters. The fourth-order valence-electron chi connectivity index (χ4n) is 2.45. The smallest absolute Gasteiger partial charge is 0.174 e. The number of anilines is 1. The minimum atomic E-state index is 0.697. The molecule has 0 aliphatic heterocycles. The second kappa shape index (κ2) is 8.74. The zero-order chi connectivity index (χ0) is 17.5. The summed E-state index contributed by atoms with van der Waals surface area (Å²) in [5, 5.41) is 4.03. The first-order valence-corrected chi connectivity index (χ1v) is 9.15. The first-order valence-electron chi connectivity index (χ1n) is 7.95. The van der Waals surface area contributed by atoms with Crippen LogP contribution in [-0.4, -0.2) is 15.0 Å². The summed E-state index contributed by atoms with van der Waals surface area (Å²) in [6, 6.07) is 22.4. The first kappa shape index (κ1) is 17.6. The van der Waals surface area contributed by atoms with Gasteiger partial charge in [-0.25, -0.2) is 0 Å². The van der Waals surface area contributed by atoms with E-state index < -0.39 is 0 Å². The van der Waals surface area contributed by atoms with Crippen molar-refractivity contribution < 1.29 is 0 Å². The van der Waals surface area contributed by atoms with Gasteiger partial charge >= 0.3 is 0 Å². The lowest BCUT2D eigenvalue weighted by Crippen LogP contribution is -2.33. The van der Waals surface area contributed by atoms with E-state index in [0.717, 1.165) is 23.2 Å². The number of hydrogen-bond donors (Lipinski definition) is 1. The van der Waals surface area contributed by atoms with Crippen molar-refractivity contribution in [3.05, 3.63) is 94.7 Å². The van der Waals surface area contributed by atoms with Crippen molar-refractivity contribution in [1.82, 2.24) is 9.88 Å². The van der Waals surface area contributed by atoms with E-state index >= 15 is 0 Å². The minimum Gasteiger partial charge on any atom is -0.340 e. The molecule has 0 bridgehead atoms. The van der Waals surface area contributed by atoms with Crippen LogP contribution in [-0.2, 0) is 13.1 Å². The van der Waals surface area contributed by atoms with Crippen molar-refractivity contribution in [3.8, 4) is 0 Å². The molecule has 0 fully saturated rings. The summed E-state index contributed by atoms with van der Waals surface area (Å²) >= 11 is 9.13. The number of hydrogen-bond acceptors (Lipinski definition) is 2. The van der Waals surface area contributed by atoms with E-state index in [2.05, 4.69) is 43.3 Å². The fraction of sp³-hybridized carbons (Fsp3) is 0.100. The van der Waals surface area contributed by atoms with E-state index in [1.807, 2.05) is 54.6 Å². The number of rotatable bonds is 5. The van der Waals surface area contributed by atoms with E-state index in [-0.39, 0.29) is 0 Å². The second-order valence-electron chi connectivity index (χ2n) is 5.63. The summed E-state index contributed by atoms with van der Waals surface area (Å²) in [7, 11) is 0. The third kappa shape index (κ3) is 5.37. The number of nitrogens with one attached hydrogen (secondary N) is 1. The maximum absolute atomic E-state index is 5.68. The Morgan fingerprint density at radius 2 is 1.48 bits per heavy atom. The molecule has 1 heterocycles. The number of pyridine rings is 1. The third-order valence-corrected chi connectivity index (χ3v) is 4.61. The van der Waals surface area contributed by atoms with Crippen molar-refractivity contribution in [3.63, 3.8) is 0 Å². The molecule has 3 nitrogen and oxygen atoms in total. The van der Waals surface area contributed by atoms with Gasteiger partial charge in [-0.05, 0) is 59.7 Å². The van der Waals surface area contributed by atoms with Crippen molar-refractivity contribution in [1.29, 1.82) is 0 Å². The van der Waals surface area contributed by atoms with Gasteiger partial charge in [0.2, 0.25) is 0 Å². The van der Waals surface area contributed by atoms with Crippen LogP contribution in [0.4, 0.5) is 5.69 Å². The lowest BCUT2D eigenvalue weighted by Gasteiger charge is -2.26. The molecule has 3 rings (SSSR count).